The van der Waals surface area contributed by atoms with Gasteiger partial charge < -0.3 is 14.4 Å². The zero-order valence-electron chi connectivity index (χ0n) is 12.9. The first kappa shape index (κ1) is 16.0. The molecule has 0 aromatic carbocycles. The van der Waals surface area contributed by atoms with Crippen molar-refractivity contribution in [2.45, 2.75) is 26.8 Å². The van der Waals surface area contributed by atoms with E-state index in [2.05, 4.69) is 11.6 Å². The maximum atomic E-state index is 11.9. The Morgan fingerprint density at radius 2 is 2.23 bits per heavy atom. The number of hydrogen-bond acceptors (Lipinski definition) is 5. The largest absolute Gasteiger partial charge is 0.461 e. The molecule has 0 atom stereocenters. The molecule has 1 aliphatic heterocycles. The molecule has 0 spiro atoms. The average Bonchev–Trinajstić information content (AvgIpc) is 2.52. The van der Waals surface area contributed by atoms with E-state index in [0.29, 0.717) is 26.1 Å². The van der Waals surface area contributed by atoms with Gasteiger partial charge in [0.2, 0.25) is 0 Å². The Balaban J connectivity index is 2.20. The molecule has 1 aromatic rings. The summed E-state index contributed by atoms with van der Waals surface area (Å²) in [6.45, 7) is 8.59. The summed E-state index contributed by atoms with van der Waals surface area (Å²) >= 11 is 0. The molecule has 0 aliphatic carbocycles. The number of esters is 1. The highest BCUT2D eigenvalue weighted by atomic mass is 16.6. The Morgan fingerprint density at radius 1 is 1.45 bits per heavy atom. The molecule has 0 bridgehead atoms. The summed E-state index contributed by atoms with van der Waals surface area (Å²) in [5.74, 6) is -0.445. The van der Waals surface area contributed by atoms with Crippen LogP contribution in [0, 0.1) is 6.92 Å². The number of fused-ring (bicyclic) bond motifs is 1. The van der Waals surface area contributed by atoms with E-state index in [1.165, 1.54) is 6.08 Å². The van der Waals surface area contributed by atoms with Gasteiger partial charge in [0.15, 0.2) is 0 Å². The van der Waals surface area contributed by atoms with Gasteiger partial charge in [-0.25, -0.2) is 14.6 Å². The van der Waals surface area contributed by atoms with Crippen molar-refractivity contribution in [1.29, 1.82) is 0 Å². The van der Waals surface area contributed by atoms with E-state index < -0.39 is 12.1 Å². The number of ether oxygens (including phenoxy) is 2. The van der Waals surface area contributed by atoms with Gasteiger partial charge in [0.25, 0.3) is 0 Å². The summed E-state index contributed by atoms with van der Waals surface area (Å²) in [6.07, 6.45) is 1.82. The second-order valence-corrected chi connectivity index (χ2v) is 5.01. The second kappa shape index (κ2) is 7.06. The first-order valence-electron chi connectivity index (χ1n) is 7.26. The molecular formula is C16H20N2O4. The molecule has 0 fully saturated rings. The van der Waals surface area contributed by atoms with Gasteiger partial charge >= 0.3 is 12.1 Å². The molecule has 0 saturated carbocycles. The Morgan fingerprint density at radius 3 is 2.91 bits per heavy atom. The van der Waals surface area contributed by atoms with Crippen molar-refractivity contribution in [3.05, 3.63) is 41.2 Å². The lowest BCUT2D eigenvalue weighted by atomic mass is 9.99. The molecule has 0 radical (unpaired) electrons. The summed E-state index contributed by atoms with van der Waals surface area (Å²) in [4.78, 5) is 29.7. The summed E-state index contributed by atoms with van der Waals surface area (Å²) in [6, 6.07) is 1.74. The minimum Gasteiger partial charge on any atom is -0.461 e. The van der Waals surface area contributed by atoms with E-state index in [-0.39, 0.29) is 12.3 Å². The SMILES string of the molecule is C=CCOC(=O)N1CCc2c(C)cc(C(=O)OCC)nc2C1. The van der Waals surface area contributed by atoms with Crippen LogP contribution in [0.1, 0.15) is 34.2 Å². The van der Waals surface area contributed by atoms with E-state index in [9.17, 15) is 9.59 Å². The number of carbonyl (C=O) groups excluding carboxylic acids is 2. The number of carbonyl (C=O) groups is 2. The van der Waals surface area contributed by atoms with Crippen molar-refractivity contribution in [1.82, 2.24) is 9.88 Å². The predicted octanol–water partition coefficient (Wildman–Crippen LogP) is 2.25. The lowest BCUT2D eigenvalue weighted by Gasteiger charge is -2.28. The maximum Gasteiger partial charge on any atom is 0.410 e. The quantitative estimate of drug-likeness (QED) is 0.630. The van der Waals surface area contributed by atoms with Gasteiger partial charge in [-0.15, -0.1) is 0 Å². The number of aromatic nitrogens is 1. The summed E-state index contributed by atoms with van der Waals surface area (Å²) < 4.78 is 10.0. The summed E-state index contributed by atoms with van der Waals surface area (Å²) in [7, 11) is 0. The van der Waals surface area contributed by atoms with E-state index in [0.717, 1.165) is 16.8 Å². The normalized spacial score (nSPS) is 13.3. The molecule has 0 unspecified atom stereocenters. The molecule has 6 heteroatoms. The zero-order valence-corrected chi connectivity index (χ0v) is 12.9. The van der Waals surface area contributed by atoms with Gasteiger partial charge in [0.1, 0.15) is 12.3 Å². The Bertz CT molecular complexity index is 598. The summed E-state index contributed by atoms with van der Waals surface area (Å²) in [5, 5.41) is 0. The number of pyridine rings is 1. The van der Waals surface area contributed by atoms with Crippen LogP contribution in [0.2, 0.25) is 0 Å². The van der Waals surface area contributed by atoms with E-state index in [4.69, 9.17) is 9.47 Å². The topological polar surface area (TPSA) is 68.7 Å². The van der Waals surface area contributed by atoms with Crippen LogP contribution in [0.25, 0.3) is 0 Å². The minimum atomic E-state index is -0.445. The molecule has 0 saturated heterocycles. The molecule has 1 amide bonds. The average molecular weight is 304 g/mol. The van der Waals surface area contributed by atoms with Gasteiger partial charge in [-0.2, -0.15) is 0 Å². The molecule has 1 aliphatic rings. The third-order valence-corrected chi connectivity index (χ3v) is 3.47. The molecule has 1 aromatic heterocycles. The first-order valence-corrected chi connectivity index (χ1v) is 7.26. The van der Waals surface area contributed by atoms with Crippen molar-refractivity contribution in [3.63, 3.8) is 0 Å². The highest BCUT2D eigenvalue weighted by molar-refractivity contribution is 5.87. The van der Waals surface area contributed by atoms with Crippen molar-refractivity contribution >= 4 is 12.1 Å². The Labute approximate surface area is 129 Å². The zero-order chi connectivity index (χ0) is 16.1. The van der Waals surface area contributed by atoms with Crippen LogP contribution in [0.3, 0.4) is 0 Å². The van der Waals surface area contributed by atoms with Crippen LogP contribution in [0.4, 0.5) is 4.79 Å². The minimum absolute atomic E-state index is 0.178. The van der Waals surface area contributed by atoms with Gasteiger partial charge in [-0.3, -0.25) is 0 Å². The maximum absolute atomic E-state index is 11.9. The van der Waals surface area contributed by atoms with Crippen LogP contribution in [0.15, 0.2) is 18.7 Å². The van der Waals surface area contributed by atoms with Crippen LogP contribution < -0.4 is 0 Å². The van der Waals surface area contributed by atoms with Crippen molar-refractivity contribution in [2.24, 2.45) is 0 Å². The van der Waals surface area contributed by atoms with Crippen LogP contribution in [-0.2, 0) is 22.4 Å². The number of hydrogen-bond donors (Lipinski definition) is 0. The Hall–Kier alpha value is -2.37. The van der Waals surface area contributed by atoms with Crippen LogP contribution in [0.5, 0.6) is 0 Å². The third kappa shape index (κ3) is 3.44. The number of aryl methyl sites for hydroxylation is 1. The summed E-state index contributed by atoms with van der Waals surface area (Å²) in [5.41, 5.74) is 3.08. The third-order valence-electron chi connectivity index (χ3n) is 3.47. The number of amides is 1. The first-order chi connectivity index (χ1) is 10.6. The lowest BCUT2D eigenvalue weighted by Crippen LogP contribution is -2.37. The highest BCUT2D eigenvalue weighted by Crippen LogP contribution is 2.22. The van der Waals surface area contributed by atoms with Gasteiger partial charge in [0.05, 0.1) is 18.8 Å². The number of nitrogens with zero attached hydrogens (tertiary/aromatic N) is 2. The molecule has 0 N–H and O–H groups in total. The van der Waals surface area contributed by atoms with Crippen LogP contribution >= 0.6 is 0 Å². The van der Waals surface area contributed by atoms with E-state index >= 15 is 0 Å². The molecule has 22 heavy (non-hydrogen) atoms. The molecule has 6 nitrogen and oxygen atoms in total. The van der Waals surface area contributed by atoms with E-state index in [1.54, 1.807) is 17.9 Å². The standard InChI is InChI=1S/C16H20N2O4/c1-4-8-22-16(20)18-7-6-12-11(3)9-13(15(19)21-5-2)17-14(12)10-18/h4,9H,1,5-8,10H2,2-3H3. The lowest BCUT2D eigenvalue weighted by molar-refractivity contribution is 0.0518. The van der Waals surface area contributed by atoms with Gasteiger partial charge in [-0.05, 0) is 37.5 Å². The second-order valence-electron chi connectivity index (χ2n) is 5.01. The fourth-order valence-electron chi connectivity index (χ4n) is 2.43. The highest BCUT2D eigenvalue weighted by Gasteiger charge is 2.25. The van der Waals surface area contributed by atoms with Crippen molar-refractivity contribution < 1.29 is 19.1 Å². The van der Waals surface area contributed by atoms with Crippen LogP contribution in [-0.4, -0.2) is 41.7 Å². The number of rotatable bonds is 4. The van der Waals surface area contributed by atoms with Crippen molar-refractivity contribution in [2.75, 3.05) is 19.8 Å². The van der Waals surface area contributed by atoms with Gasteiger partial charge in [0, 0.05) is 6.54 Å². The Kier molecular flexibility index (Phi) is 5.14. The fraction of sp³-hybridized carbons (Fsp3) is 0.438. The molecule has 2 heterocycles. The van der Waals surface area contributed by atoms with E-state index in [1.807, 2.05) is 6.92 Å². The van der Waals surface area contributed by atoms with Gasteiger partial charge in [-0.1, -0.05) is 12.7 Å². The molecule has 2 rings (SSSR count). The van der Waals surface area contributed by atoms with Crippen molar-refractivity contribution in [3.8, 4) is 0 Å². The molecule has 118 valence electrons. The fourth-order valence-corrected chi connectivity index (χ4v) is 2.43. The predicted molar refractivity (Wildman–Crippen MR) is 80.6 cm³/mol. The monoisotopic (exact) mass is 304 g/mol. The smallest absolute Gasteiger partial charge is 0.410 e. The molecular weight excluding hydrogens is 284 g/mol.